The second-order valence-electron chi connectivity index (χ2n) is 5.41. The molecule has 0 unspecified atom stereocenters. The quantitative estimate of drug-likeness (QED) is 0.864. The van der Waals surface area contributed by atoms with Gasteiger partial charge in [-0.25, -0.2) is 0 Å². The Labute approximate surface area is 142 Å². The minimum Gasteiger partial charge on any atom is -0.496 e. The van der Waals surface area contributed by atoms with E-state index in [1.54, 1.807) is 20.1 Å². The van der Waals surface area contributed by atoms with E-state index in [1.165, 1.54) is 0 Å². The molecule has 0 saturated carbocycles. The van der Waals surface area contributed by atoms with Crippen LogP contribution in [0, 0.1) is 29.6 Å². The maximum Gasteiger partial charge on any atom is 0.126 e. The maximum atomic E-state index is 9.71. The number of pyridine rings is 1. The van der Waals surface area contributed by atoms with Gasteiger partial charge in [-0.3, -0.25) is 4.98 Å². The van der Waals surface area contributed by atoms with Gasteiger partial charge < -0.3 is 9.64 Å². The highest BCUT2D eigenvalue weighted by Gasteiger charge is 2.20. The molecule has 5 nitrogen and oxygen atoms in total. The number of nitrogens with zero attached hydrogens (tertiary/aromatic N) is 4. The molecular weight excluding hydrogens is 300 g/mol. The topological polar surface area (TPSA) is 72.9 Å². The highest BCUT2D eigenvalue weighted by Crippen LogP contribution is 2.36. The van der Waals surface area contributed by atoms with Gasteiger partial charge in [-0.2, -0.15) is 10.5 Å². The van der Waals surface area contributed by atoms with E-state index in [0.29, 0.717) is 39.4 Å². The summed E-state index contributed by atoms with van der Waals surface area (Å²) in [7, 11) is 5.35. The molecule has 0 radical (unpaired) electrons. The fourth-order valence-electron chi connectivity index (χ4n) is 2.44. The summed E-state index contributed by atoms with van der Waals surface area (Å²) in [5.41, 5.74) is 3.12. The van der Waals surface area contributed by atoms with Crippen LogP contribution in [0.15, 0.2) is 30.5 Å². The van der Waals surface area contributed by atoms with Gasteiger partial charge in [-0.05, 0) is 19.1 Å². The van der Waals surface area contributed by atoms with Gasteiger partial charge in [-0.1, -0.05) is 18.2 Å². The smallest absolute Gasteiger partial charge is 0.126 e. The number of rotatable bonds is 4. The fourth-order valence-corrected chi connectivity index (χ4v) is 2.44. The number of nitriles is 2. The first-order valence-electron chi connectivity index (χ1n) is 7.36. The Balaban J connectivity index is 2.87. The van der Waals surface area contributed by atoms with Crippen molar-refractivity contribution in [3.63, 3.8) is 0 Å². The minimum absolute atomic E-state index is 0.361. The molecule has 0 aliphatic rings. The van der Waals surface area contributed by atoms with Gasteiger partial charge in [0.2, 0.25) is 0 Å². The number of hydrogen-bond acceptors (Lipinski definition) is 5. The van der Waals surface area contributed by atoms with Crippen LogP contribution in [0.25, 0.3) is 17.2 Å². The predicted octanol–water partition coefficient (Wildman–Crippen LogP) is 3.34. The summed E-state index contributed by atoms with van der Waals surface area (Å²) in [5, 5.41) is 19.3. The summed E-state index contributed by atoms with van der Waals surface area (Å²) >= 11 is 0. The molecule has 0 spiro atoms. The van der Waals surface area contributed by atoms with Crippen molar-refractivity contribution in [3.8, 4) is 29.0 Å². The molecule has 0 N–H and O–H groups in total. The lowest BCUT2D eigenvalue weighted by Crippen LogP contribution is -2.04. The molecule has 0 bridgehead atoms. The summed E-state index contributed by atoms with van der Waals surface area (Å²) in [6.07, 6.45) is 3.59. The van der Waals surface area contributed by atoms with Crippen LogP contribution in [0.5, 0.6) is 5.75 Å². The van der Waals surface area contributed by atoms with Crippen molar-refractivity contribution in [1.82, 2.24) is 9.88 Å². The van der Waals surface area contributed by atoms with Gasteiger partial charge >= 0.3 is 0 Å². The number of methoxy groups -OCH3 is 1. The Hall–Kier alpha value is -3.31. The maximum absolute atomic E-state index is 9.71. The van der Waals surface area contributed by atoms with Crippen molar-refractivity contribution >= 4 is 6.08 Å². The molecule has 1 heterocycles. The monoisotopic (exact) mass is 318 g/mol. The van der Waals surface area contributed by atoms with Crippen molar-refractivity contribution in [2.75, 3.05) is 21.2 Å². The van der Waals surface area contributed by atoms with E-state index in [2.05, 4.69) is 17.1 Å². The van der Waals surface area contributed by atoms with E-state index in [-0.39, 0.29) is 0 Å². The Kier molecular flexibility index (Phi) is 5.19. The Morgan fingerprint density at radius 3 is 2.38 bits per heavy atom. The number of para-hydroxylation sites is 1. The Morgan fingerprint density at radius 2 is 1.79 bits per heavy atom. The molecule has 0 amide bonds. The number of benzene rings is 1. The average Bonchev–Trinajstić information content (AvgIpc) is 2.59. The van der Waals surface area contributed by atoms with E-state index in [0.717, 1.165) is 0 Å². The Bertz CT molecular complexity index is 870. The van der Waals surface area contributed by atoms with Gasteiger partial charge in [-0.15, -0.1) is 0 Å². The lowest BCUT2D eigenvalue weighted by Gasteiger charge is -2.14. The van der Waals surface area contributed by atoms with E-state index >= 15 is 0 Å². The summed E-state index contributed by atoms with van der Waals surface area (Å²) in [6, 6.07) is 11.7. The van der Waals surface area contributed by atoms with Crippen molar-refractivity contribution in [3.05, 3.63) is 53.0 Å². The van der Waals surface area contributed by atoms with E-state index in [9.17, 15) is 10.5 Å². The molecule has 5 heteroatoms. The van der Waals surface area contributed by atoms with Crippen LogP contribution in [0.4, 0.5) is 0 Å². The number of aromatic nitrogens is 1. The number of hydrogen-bond donors (Lipinski definition) is 0. The molecule has 1 aromatic carbocycles. The molecule has 2 aromatic rings. The molecule has 0 saturated heterocycles. The first-order chi connectivity index (χ1) is 11.5. The standard InChI is InChI=1S/C19H18N4O/c1-13-15(11-20)19(14-7-5-6-8-18(14)24-4)16(12-21)17(22-13)9-10-23(2)3/h5-10H,1-4H3. The van der Waals surface area contributed by atoms with Crippen molar-refractivity contribution in [1.29, 1.82) is 10.5 Å². The van der Waals surface area contributed by atoms with Gasteiger partial charge in [0, 0.05) is 31.4 Å². The summed E-state index contributed by atoms with van der Waals surface area (Å²) < 4.78 is 5.41. The first-order valence-corrected chi connectivity index (χ1v) is 7.36. The Morgan fingerprint density at radius 1 is 1.12 bits per heavy atom. The summed E-state index contributed by atoms with van der Waals surface area (Å²) in [6.45, 7) is 1.77. The highest BCUT2D eigenvalue weighted by atomic mass is 16.5. The third-order valence-corrected chi connectivity index (χ3v) is 3.54. The third-order valence-electron chi connectivity index (χ3n) is 3.54. The van der Waals surface area contributed by atoms with E-state index in [1.807, 2.05) is 49.5 Å². The molecule has 1 aromatic heterocycles. The average molecular weight is 318 g/mol. The second kappa shape index (κ2) is 7.30. The molecule has 0 aliphatic heterocycles. The number of aryl methyl sites for hydroxylation is 1. The van der Waals surface area contributed by atoms with Gasteiger partial charge in [0.1, 0.15) is 17.9 Å². The molecular formula is C19H18N4O. The predicted molar refractivity (Wildman–Crippen MR) is 93.1 cm³/mol. The van der Waals surface area contributed by atoms with Gasteiger partial charge in [0.05, 0.1) is 29.6 Å². The van der Waals surface area contributed by atoms with Crippen LogP contribution < -0.4 is 4.74 Å². The normalized spacial score (nSPS) is 10.2. The van der Waals surface area contributed by atoms with Gasteiger partial charge in [0.25, 0.3) is 0 Å². The van der Waals surface area contributed by atoms with Crippen molar-refractivity contribution < 1.29 is 4.74 Å². The highest BCUT2D eigenvalue weighted by molar-refractivity contribution is 5.83. The van der Waals surface area contributed by atoms with Crippen LogP contribution in [-0.4, -0.2) is 31.1 Å². The summed E-state index contributed by atoms with van der Waals surface area (Å²) in [4.78, 5) is 6.29. The SMILES string of the molecule is COc1ccccc1-c1c(C#N)c(C)nc(C=CN(C)C)c1C#N. The minimum atomic E-state index is 0.361. The second-order valence-corrected chi connectivity index (χ2v) is 5.41. The van der Waals surface area contributed by atoms with Gasteiger partial charge in [0.15, 0.2) is 0 Å². The van der Waals surface area contributed by atoms with Crippen LogP contribution in [0.3, 0.4) is 0 Å². The van der Waals surface area contributed by atoms with Crippen LogP contribution in [0.1, 0.15) is 22.5 Å². The molecule has 0 aliphatic carbocycles. The zero-order chi connectivity index (χ0) is 17.7. The van der Waals surface area contributed by atoms with Crippen LogP contribution in [0.2, 0.25) is 0 Å². The zero-order valence-electron chi connectivity index (χ0n) is 14.2. The van der Waals surface area contributed by atoms with E-state index in [4.69, 9.17) is 4.74 Å². The molecule has 2 rings (SSSR count). The van der Waals surface area contributed by atoms with Crippen LogP contribution in [-0.2, 0) is 0 Å². The van der Waals surface area contributed by atoms with E-state index < -0.39 is 0 Å². The third kappa shape index (κ3) is 3.21. The fraction of sp³-hybridized carbons (Fsp3) is 0.211. The number of ether oxygens (including phenoxy) is 1. The molecule has 0 atom stereocenters. The van der Waals surface area contributed by atoms with Crippen LogP contribution >= 0.6 is 0 Å². The van der Waals surface area contributed by atoms with Crippen molar-refractivity contribution in [2.24, 2.45) is 0 Å². The molecule has 0 fully saturated rings. The largest absolute Gasteiger partial charge is 0.496 e. The summed E-state index contributed by atoms with van der Waals surface area (Å²) in [5.74, 6) is 0.610. The lowest BCUT2D eigenvalue weighted by molar-refractivity contribution is 0.416. The zero-order valence-corrected chi connectivity index (χ0v) is 14.2. The lowest BCUT2D eigenvalue weighted by atomic mass is 9.92. The molecule has 24 heavy (non-hydrogen) atoms. The first kappa shape index (κ1) is 17.1. The molecule has 120 valence electrons. The van der Waals surface area contributed by atoms with Crippen molar-refractivity contribution in [2.45, 2.75) is 6.92 Å².